The Morgan fingerprint density at radius 2 is 1.96 bits per heavy atom. The van der Waals surface area contributed by atoms with Crippen LogP contribution in [0, 0.1) is 11.3 Å². The van der Waals surface area contributed by atoms with Crippen LogP contribution < -0.4 is 0 Å². The topological polar surface area (TPSA) is 60.5 Å². The number of carbonyl (C=O) groups is 1. The summed E-state index contributed by atoms with van der Waals surface area (Å²) in [7, 11) is 0. The van der Waals surface area contributed by atoms with E-state index >= 15 is 0 Å². The van der Waals surface area contributed by atoms with Crippen molar-refractivity contribution < 1.29 is 9.21 Å². The van der Waals surface area contributed by atoms with Gasteiger partial charge in [-0.3, -0.25) is 9.69 Å². The second kappa shape index (κ2) is 7.12. The molecule has 3 rings (SSSR count). The van der Waals surface area contributed by atoms with Gasteiger partial charge in [0.1, 0.15) is 0 Å². The van der Waals surface area contributed by atoms with Gasteiger partial charge in [0.2, 0.25) is 0 Å². The molecule has 1 saturated heterocycles. The summed E-state index contributed by atoms with van der Waals surface area (Å²) < 4.78 is 5.20. The molecule has 0 saturated carbocycles. The van der Waals surface area contributed by atoms with E-state index in [1.807, 2.05) is 29.2 Å². The molecule has 1 amide bonds. The predicted octanol–water partition coefficient (Wildman–Crippen LogP) is 2.50. The van der Waals surface area contributed by atoms with Crippen LogP contribution in [0.2, 0.25) is 0 Å². The van der Waals surface area contributed by atoms with E-state index in [9.17, 15) is 4.79 Å². The van der Waals surface area contributed by atoms with E-state index in [1.54, 1.807) is 12.1 Å². The molecule has 2 aromatic rings. The summed E-state index contributed by atoms with van der Waals surface area (Å²) in [5.41, 5.74) is 1.87. The number of nitrogens with zero attached hydrogens (tertiary/aromatic N) is 3. The molecule has 0 unspecified atom stereocenters. The highest BCUT2D eigenvalue weighted by molar-refractivity contribution is 5.91. The molecular weight excluding hydrogens is 290 g/mol. The lowest BCUT2D eigenvalue weighted by Crippen LogP contribution is -2.34. The third-order valence-corrected chi connectivity index (χ3v) is 4.10. The molecule has 118 valence electrons. The zero-order valence-electron chi connectivity index (χ0n) is 12.9. The minimum absolute atomic E-state index is 0.0322. The molecule has 1 fully saturated rings. The standard InChI is InChI=1S/C18H19N3O2/c19-13-15-4-6-16(7-5-15)14-20-8-2-9-21(11-10-20)18(22)17-3-1-12-23-17/h1,3-7,12H,2,8-11,14H2. The third kappa shape index (κ3) is 3.79. The van der Waals surface area contributed by atoms with E-state index < -0.39 is 0 Å². The van der Waals surface area contributed by atoms with Crippen LogP contribution in [-0.4, -0.2) is 41.9 Å². The van der Waals surface area contributed by atoms with Crippen molar-refractivity contribution in [3.05, 3.63) is 59.5 Å². The van der Waals surface area contributed by atoms with Crippen LogP contribution in [0.4, 0.5) is 0 Å². The fourth-order valence-electron chi connectivity index (χ4n) is 2.83. The molecule has 0 atom stereocenters. The Labute approximate surface area is 135 Å². The summed E-state index contributed by atoms with van der Waals surface area (Å²) in [4.78, 5) is 16.5. The third-order valence-electron chi connectivity index (χ3n) is 4.10. The van der Waals surface area contributed by atoms with Crippen molar-refractivity contribution in [2.45, 2.75) is 13.0 Å². The van der Waals surface area contributed by atoms with Gasteiger partial charge in [0.05, 0.1) is 17.9 Å². The monoisotopic (exact) mass is 309 g/mol. The van der Waals surface area contributed by atoms with Crippen LogP contribution in [0.1, 0.15) is 28.1 Å². The summed E-state index contributed by atoms with van der Waals surface area (Å²) >= 11 is 0. The van der Waals surface area contributed by atoms with Gasteiger partial charge in [-0.05, 0) is 36.2 Å². The Morgan fingerprint density at radius 3 is 2.65 bits per heavy atom. The number of rotatable bonds is 3. The fraction of sp³-hybridized carbons (Fsp3) is 0.333. The fourth-order valence-corrected chi connectivity index (χ4v) is 2.83. The second-order valence-electron chi connectivity index (χ2n) is 5.71. The lowest BCUT2D eigenvalue weighted by molar-refractivity contribution is 0.0729. The Kier molecular flexibility index (Phi) is 4.74. The molecule has 5 nitrogen and oxygen atoms in total. The molecule has 23 heavy (non-hydrogen) atoms. The van der Waals surface area contributed by atoms with Gasteiger partial charge < -0.3 is 9.32 Å². The second-order valence-corrected chi connectivity index (χ2v) is 5.71. The molecule has 1 aromatic carbocycles. The lowest BCUT2D eigenvalue weighted by atomic mass is 10.1. The predicted molar refractivity (Wildman–Crippen MR) is 85.7 cm³/mol. The minimum Gasteiger partial charge on any atom is -0.459 e. The van der Waals surface area contributed by atoms with Crippen LogP contribution in [0.15, 0.2) is 47.1 Å². The quantitative estimate of drug-likeness (QED) is 0.874. The number of amides is 1. The van der Waals surface area contributed by atoms with E-state index in [-0.39, 0.29) is 5.91 Å². The first-order valence-corrected chi connectivity index (χ1v) is 7.80. The molecule has 5 heteroatoms. The molecule has 0 bridgehead atoms. The highest BCUT2D eigenvalue weighted by Gasteiger charge is 2.21. The maximum absolute atomic E-state index is 12.3. The molecule has 0 spiro atoms. The first-order chi connectivity index (χ1) is 11.3. The van der Waals surface area contributed by atoms with Gasteiger partial charge in [-0.2, -0.15) is 5.26 Å². The van der Waals surface area contributed by atoms with Crippen LogP contribution in [0.25, 0.3) is 0 Å². The van der Waals surface area contributed by atoms with Gasteiger partial charge >= 0.3 is 0 Å². The number of hydrogen-bond acceptors (Lipinski definition) is 4. The van der Waals surface area contributed by atoms with Gasteiger partial charge in [0, 0.05) is 32.7 Å². The molecule has 1 aromatic heterocycles. The van der Waals surface area contributed by atoms with E-state index in [0.29, 0.717) is 17.9 Å². The van der Waals surface area contributed by atoms with Crippen LogP contribution in [0.3, 0.4) is 0 Å². The largest absolute Gasteiger partial charge is 0.459 e. The summed E-state index contributed by atoms with van der Waals surface area (Å²) in [6, 6.07) is 13.3. The first kappa shape index (κ1) is 15.3. The Morgan fingerprint density at radius 1 is 1.13 bits per heavy atom. The number of carbonyl (C=O) groups excluding carboxylic acids is 1. The molecule has 1 aliphatic heterocycles. The Bertz CT molecular complexity index is 686. The van der Waals surface area contributed by atoms with Gasteiger partial charge in [-0.15, -0.1) is 0 Å². The van der Waals surface area contributed by atoms with Crippen molar-refractivity contribution in [2.24, 2.45) is 0 Å². The van der Waals surface area contributed by atoms with Gasteiger partial charge in [-0.25, -0.2) is 0 Å². The van der Waals surface area contributed by atoms with Crippen LogP contribution in [0.5, 0.6) is 0 Å². The molecule has 0 aliphatic carbocycles. The highest BCUT2D eigenvalue weighted by atomic mass is 16.3. The van der Waals surface area contributed by atoms with E-state index in [2.05, 4.69) is 11.0 Å². The number of nitriles is 1. The molecule has 2 heterocycles. The number of hydrogen-bond donors (Lipinski definition) is 0. The number of furan rings is 1. The Balaban J connectivity index is 1.58. The summed E-state index contributed by atoms with van der Waals surface area (Å²) in [6.45, 7) is 4.10. The molecule has 0 N–H and O–H groups in total. The van der Waals surface area contributed by atoms with Crippen molar-refractivity contribution in [2.75, 3.05) is 26.2 Å². The first-order valence-electron chi connectivity index (χ1n) is 7.80. The Hall–Kier alpha value is -2.58. The highest BCUT2D eigenvalue weighted by Crippen LogP contribution is 2.13. The molecular formula is C18H19N3O2. The van der Waals surface area contributed by atoms with Crippen molar-refractivity contribution in [1.82, 2.24) is 9.80 Å². The van der Waals surface area contributed by atoms with Crippen molar-refractivity contribution in [3.63, 3.8) is 0 Å². The van der Waals surface area contributed by atoms with Gasteiger partial charge in [0.25, 0.3) is 5.91 Å². The lowest BCUT2D eigenvalue weighted by Gasteiger charge is -2.21. The maximum Gasteiger partial charge on any atom is 0.289 e. The summed E-state index contributed by atoms with van der Waals surface area (Å²) in [5, 5.41) is 8.84. The van der Waals surface area contributed by atoms with E-state index in [1.165, 1.54) is 11.8 Å². The van der Waals surface area contributed by atoms with Crippen molar-refractivity contribution >= 4 is 5.91 Å². The normalized spacial score (nSPS) is 15.9. The van der Waals surface area contributed by atoms with Crippen molar-refractivity contribution in [3.8, 4) is 6.07 Å². The smallest absolute Gasteiger partial charge is 0.289 e. The number of benzene rings is 1. The van der Waals surface area contributed by atoms with Crippen LogP contribution >= 0.6 is 0 Å². The average Bonchev–Trinajstić information content (AvgIpc) is 3.02. The van der Waals surface area contributed by atoms with Gasteiger partial charge in [-0.1, -0.05) is 12.1 Å². The zero-order chi connectivity index (χ0) is 16.1. The molecule has 0 radical (unpaired) electrons. The van der Waals surface area contributed by atoms with Crippen molar-refractivity contribution in [1.29, 1.82) is 5.26 Å². The minimum atomic E-state index is -0.0322. The SMILES string of the molecule is N#Cc1ccc(CN2CCCN(C(=O)c3ccco3)CC2)cc1. The van der Waals surface area contributed by atoms with Crippen LogP contribution in [-0.2, 0) is 6.54 Å². The zero-order valence-corrected chi connectivity index (χ0v) is 12.9. The van der Waals surface area contributed by atoms with Gasteiger partial charge in [0.15, 0.2) is 5.76 Å². The molecule has 1 aliphatic rings. The van der Waals surface area contributed by atoms with E-state index in [4.69, 9.17) is 9.68 Å². The summed E-state index contributed by atoms with van der Waals surface area (Å²) in [6.07, 6.45) is 2.48. The summed E-state index contributed by atoms with van der Waals surface area (Å²) in [5.74, 6) is 0.376. The average molecular weight is 309 g/mol. The maximum atomic E-state index is 12.3. The van der Waals surface area contributed by atoms with E-state index in [0.717, 1.165) is 32.6 Å².